The number of hydrogen-bond acceptors (Lipinski definition) is 1. The van der Waals surface area contributed by atoms with Gasteiger partial charge in [0.1, 0.15) is 5.82 Å². The maximum absolute atomic E-state index is 12.7. The second-order valence-corrected chi connectivity index (χ2v) is 3.29. The van der Waals surface area contributed by atoms with E-state index in [1.54, 1.807) is 6.07 Å². The van der Waals surface area contributed by atoms with Crippen LogP contribution in [0.25, 0.3) is 0 Å². The molecule has 0 radical (unpaired) electrons. The molecule has 2 nitrogen and oxygen atoms in total. The molecule has 1 aromatic rings. The molecule has 0 aliphatic heterocycles. The van der Waals surface area contributed by atoms with Crippen LogP contribution in [0.1, 0.15) is 5.56 Å². The van der Waals surface area contributed by atoms with E-state index < -0.39 is 0 Å². The summed E-state index contributed by atoms with van der Waals surface area (Å²) in [5.74, 6) is -0.282. The highest BCUT2D eigenvalue weighted by molar-refractivity contribution is 9.10. The zero-order valence-corrected chi connectivity index (χ0v) is 7.86. The fourth-order valence-corrected chi connectivity index (χ4v) is 1.27. The smallest absolute Gasteiger partial charge is 0.123 e. The van der Waals surface area contributed by atoms with Crippen molar-refractivity contribution in [2.75, 3.05) is 0 Å². The molecule has 0 saturated heterocycles. The van der Waals surface area contributed by atoms with Crippen molar-refractivity contribution in [3.8, 4) is 0 Å². The summed E-state index contributed by atoms with van der Waals surface area (Å²) in [6.45, 7) is 0. The number of rotatable bonds is 2. The molecular weight excluding hydrogens is 223 g/mol. The first kappa shape index (κ1) is 9.19. The highest BCUT2D eigenvalue weighted by atomic mass is 79.9. The summed E-state index contributed by atoms with van der Waals surface area (Å²) in [6, 6.07) is 4.33. The molecule has 64 valence electrons. The topological polar surface area (TPSA) is 49.9 Å². The second kappa shape index (κ2) is 3.67. The number of nitrogens with one attached hydrogen (secondary N) is 1. The van der Waals surface area contributed by atoms with E-state index in [-0.39, 0.29) is 18.1 Å². The van der Waals surface area contributed by atoms with E-state index in [1.807, 2.05) is 0 Å². The molecule has 0 aliphatic rings. The molecule has 0 spiro atoms. The van der Waals surface area contributed by atoms with Gasteiger partial charge in [-0.05, 0) is 23.8 Å². The molecule has 4 heteroatoms. The van der Waals surface area contributed by atoms with Crippen molar-refractivity contribution >= 4 is 21.8 Å². The molecule has 0 unspecified atom stereocenters. The van der Waals surface area contributed by atoms with Gasteiger partial charge >= 0.3 is 0 Å². The van der Waals surface area contributed by atoms with E-state index in [9.17, 15) is 4.39 Å². The summed E-state index contributed by atoms with van der Waals surface area (Å²) in [6.07, 6.45) is 0.276. The summed E-state index contributed by atoms with van der Waals surface area (Å²) < 4.78 is 13.4. The van der Waals surface area contributed by atoms with Crippen LogP contribution in [0, 0.1) is 11.2 Å². The van der Waals surface area contributed by atoms with E-state index in [2.05, 4.69) is 15.9 Å². The molecule has 1 rings (SSSR count). The van der Waals surface area contributed by atoms with E-state index in [1.165, 1.54) is 12.1 Å². The molecule has 1 aromatic carbocycles. The Labute approximate surface area is 78.2 Å². The van der Waals surface area contributed by atoms with Crippen molar-refractivity contribution in [1.82, 2.24) is 0 Å². The summed E-state index contributed by atoms with van der Waals surface area (Å²) in [5, 5.41) is 7.03. The summed E-state index contributed by atoms with van der Waals surface area (Å²) in [5.41, 5.74) is 5.88. The van der Waals surface area contributed by atoms with Gasteiger partial charge in [-0.1, -0.05) is 15.9 Å². The van der Waals surface area contributed by atoms with Crippen LogP contribution in [0.3, 0.4) is 0 Å². The van der Waals surface area contributed by atoms with Gasteiger partial charge in [-0.2, -0.15) is 0 Å². The quantitative estimate of drug-likeness (QED) is 0.594. The summed E-state index contributed by atoms with van der Waals surface area (Å²) >= 11 is 3.24. The van der Waals surface area contributed by atoms with E-state index in [4.69, 9.17) is 11.1 Å². The Morgan fingerprint density at radius 3 is 2.83 bits per heavy atom. The first-order valence-corrected chi connectivity index (χ1v) is 4.15. The van der Waals surface area contributed by atoms with Gasteiger partial charge in [-0.3, -0.25) is 5.41 Å². The molecular formula is C8H8BrFN2. The van der Waals surface area contributed by atoms with E-state index in [0.717, 1.165) is 4.47 Å². The Morgan fingerprint density at radius 1 is 1.58 bits per heavy atom. The molecule has 0 fully saturated rings. The van der Waals surface area contributed by atoms with Crippen molar-refractivity contribution in [3.05, 3.63) is 34.1 Å². The minimum atomic E-state index is -0.311. The fourth-order valence-electron chi connectivity index (χ4n) is 0.884. The van der Waals surface area contributed by atoms with Crippen LogP contribution in [0.4, 0.5) is 4.39 Å². The van der Waals surface area contributed by atoms with Gasteiger partial charge in [-0.25, -0.2) is 4.39 Å². The SMILES string of the molecule is N=C(N)Cc1cc(F)ccc1Br. The average Bonchev–Trinajstić information content (AvgIpc) is 1.96. The number of benzene rings is 1. The molecule has 0 aliphatic carbocycles. The van der Waals surface area contributed by atoms with Gasteiger partial charge in [0.05, 0.1) is 5.84 Å². The monoisotopic (exact) mass is 230 g/mol. The molecule has 3 N–H and O–H groups in total. The lowest BCUT2D eigenvalue weighted by Gasteiger charge is -2.02. The van der Waals surface area contributed by atoms with Crippen molar-refractivity contribution in [2.45, 2.75) is 6.42 Å². The minimum Gasteiger partial charge on any atom is -0.387 e. The molecule has 12 heavy (non-hydrogen) atoms. The third-order valence-corrected chi connectivity index (χ3v) is 2.16. The molecule has 0 bridgehead atoms. The zero-order chi connectivity index (χ0) is 9.14. The standard InChI is InChI=1S/C8H8BrFN2/c9-7-2-1-6(10)3-5(7)4-8(11)12/h1-3H,4H2,(H3,11,12). The van der Waals surface area contributed by atoms with Crippen LogP contribution in [-0.4, -0.2) is 5.84 Å². The first-order chi connectivity index (χ1) is 5.59. The number of hydrogen-bond donors (Lipinski definition) is 2. The summed E-state index contributed by atoms with van der Waals surface area (Å²) in [7, 11) is 0. The van der Waals surface area contributed by atoms with E-state index >= 15 is 0 Å². The van der Waals surface area contributed by atoms with Crippen LogP contribution in [0.15, 0.2) is 22.7 Å². The molecule has 0 amide bonds. The molecule has 0 saturated carbocycles. The maximum Gasteiger partial charge on any atom is 0.123 e. The third-order valence-electron chi connectivity index (χ3n) is 1.39. The van der Waals surface area contributed by atoms with Crippen molar-refractivity contribution in [2.24, 2.45) is 5.73 Å². The Balaban J connectivity index is 2.97. The van der Waals surface area contributed by atoms with Crippen molar-refractivity contribution in [3.63, 3.8) is 0 Å². The predicted molar refractivity (Wildman–Crippen MR) is 49.7 cm³/mol. The van der Waals surface area contributed by atoms with Gasteiger partial charge in [0, 0.05) is 10.9 Å². The van der Waals surface area contributed by atoms with Gasteiger partial charge in [0.2, 0.25) is 0 Å². The number of amidine groups is 1. The molecule has 0 heterocycles. The fraction of sp³-hybridized carbons (Fsp3) is 0.125. The normalized spacial score (nSPS) is 9.83. The lowest BCUT2D eigenvalue weighted by Crippen LogP contribution is -2.13. The van der Waals surface area contributed by atoms with Crippen molar-refractivity contribution in [1.29, 1.82) is 5.41 Å². The van der Waals surface area contributed by atoms with E-state index in [0.29, 0.717) is 5.56 Å². The largest absolute Gasteiger partial charge is 0.387 e. The van der Waals surface area contributed by atoms with Crippen LogP contribution < -0.4 is 5.73 Å². The molecule has 0 atom stereocenters. The van der Waals surface area contributed by atoms with Crippen LogP contribution in [-0.2, 0) is 6.42 Å². The highest BCUT2D eigenvalue weighted by Crippen LogP contribution is 2.17. The minimum absolute atomic E-state index is 0.0290. The van der Waals surface area contributed by atoms with Gasteiger partial charge < -0.3 is 5.73 Å². The Morgan fingerprint density at radius 2 is 2.25 bits per heavy atom. The zero-order valence-electron chi connectivity index (χ0n) is 6.27. The number of nitrogens with two attached hydrogens (primary N) is 1. The van der Waals surface area contributed by atoms with Crippen LogP contribution in [0.2, 0.25) is 0 Å². The molecule has 0 aromatic heterocycles. The van der Waals surface area contributed by atoms with Crippen LogP contribution in [0.5, 0.6) is 0 Å². The van der Waals surface area contributed by atoms with Crippen molar-refractivity contribution < 1.29 is 4.39 Å². The number of halogens is 2. The Kier molecular flexibility index (Phi) is 2.81. The van der Waals surface area contributed by atoms with Gasteiger partial charge in [0.15, 0.2) is 0 Å². The first-order valence-electron chi connectivity index (χ1n) is 3.36. The van der Waals surface area contributed by atoms with Gasteiger partial charge in [-0.15, -0.1) is 0 Å². The van der Waals surface area contributed by atoms with Gasteiger partial charge in [0.25, 0.3) is 0 Å². The Hall–Kier alpha value is -0.900. The maximum atomic E-state index is 12.7. The lowest BCUT2D eigenvalue weighted by atomic mass is 10.1. The third kappa shape index (κ3) is 2.30. The predicted octanol–water partition coefficient (Wildman–Crippen LogP) is 2.07. The highest BCUT2D eigenvalue weighted by Gasteiger charge is 2.02. The average molecular weight is 231 g/mol. The summed E-state index contributed by atoms with van der Waals surface area (Å²) in [4.78, 5) is 0. The second-order valence-electron chi connectivity index (χ2n) is 2.44. The Bertz CT molecular complexity index is 312. The van der Waals surface area contributed by atoms with Crippen LogP contribution >= 0.6 is 15.9 Å². The lowest BCUT2D eigenvalue weighted by molar-refractivity contribution is 0.626.